The highest BCUT2D eigenvalue weighted by molar-refractivity contribution is 7.85. The van der Waals surface area contributed by atoms with E-state index in [2.05, 4.69) is 10.2 Å². The van der Waals surface area contributed by atoms with E-state index in [1.807, 2.05) is 12.1 Å². The number of anilines is 1. The molecule has 3 aromatic rings. The van der Waals surface area contributed by atoms with Gasteiger partial charge in [0.15, 0.2) is 0 Å². The van der Waals surface area contributed by atoms with Crippen LogP contribution >= 0.6 is 0 Å². The van der Waals surface area contributed by atoms with Crippen molar-refractivity contribution < 1.29 is 26.9 Å². The minimum Gasteiger partial charge on any atom is -0.495 e. The maximum absolute atomic E-state index is 13.4. The number of carbonyl (C=O) groups excluding carboxylic acids is 1. The number of urea groups is 1. The highest BCUT2D eigenvalue weighted by atomic mass is 32.2. The number of halogens is 2. The lowest BCUT2D eigenvalue weighted by molar-refractivity contribution is 0.116. The van der Waals surface area contributed by atoms with Gasteiger partial charge in [-0.25, -0.2) is 4.79 Å². The summed E-state index contributed by atoms with van der Waals surface area (Å²) in [5.74, 6) is 0.712. The van der Waals surface area contributed by atoms with Gasteiger partial charge in [0.05, 0.1) is 19.3 Å². The van der Waals surface area contributed by atoms with Gasteiger partial charge in [0.2, 0.25) is 5.89 Å². The minimum atomic E-state index is -2.84. The maximum atomic E-state index is 13.4. The fourth-order valence-corrected chi connectivity index (χ4v) is 4.54. The first-order valence-electron chi connectivity index (χ1n) is 10.2. The van der Waals surface area contributed by atoms with Gasteiger partial charge in [0, 0.05) is 41.0 Å². The van der Waals surface area contributed by atoms with Gasteiger partial charge in [0.1, 0.15) is 5.75 Å². The molecule has 33 heavy (non-hydrogen) atoms. The molecule has 11 heteroatoms. The molecular formula is C22H22F2N4O4S. The maximum Gasteiger partial charge on any atom is 0.324 e. The van der Waals surface area contributed by atoms with Crippen molar-refractivity contribution in [3.05, 3.63) is 60.0 Å². The number of amides is 2. The molecule has 2 aromatic carbocycles. The average molecular weight is 477 g/mol. The summed E-state index contributed by atoms with van der Waals surface area (Å²) in [6, 6.07) is 13.9. The molecule has 0 atom stereocenters. The zero-order valence-electron chi connectivity index (χ0n) is 17.8. The monoisotopic (exact) mass is 476 g/mol. The van der Waals surface area contributed by atoms with E-state index in [0.717, 1.165) is 5.56 Å². The largest absolute Gasteiger partial charge is 0.495 e. The van der Waals surface area contributed by atoms with Crippen LogP contribution < -0.4 is 9.64 Å². The smallest absolute Gasteiger partial charge is 0.324 e. The molecule has 0 bridgehead atoms. The molecule has 1 aliphatic rings. The molecule has 2 heterocycles. The van der Waals surface area contributed by atoms with E-state index in [9.17, 15) is 17.8 Å². The number of carbonyl (C=O) groups is 1. The molecule has 1 aliphatic heterocycles. The van der Waals surface area contributed by atoms with Gasteiger partial charge in [-0.15, -0.1) is 10.2 Å². The molecule has 0 spiro atoms. The van der Waals surface area contributed by atoms with Crippen LogP contribution in [0, 0.1) is 0 Å². The predicted octanol–water partition coefficient (Wildman–Crippen LogP) is 3.87. The molecule has 0 aliphatic carbocycles. The summed E-state index contributed by atoms with van der Waals surface area (Å²) in [7, 11) is 0.635. The van der Waals surface area contributed by atoms with Crippen molar-refractivity contribution in [2.24, 2.45) is 0 Å². The van der Waals surface area contributed by atoms with Crippen molar-refractivity contribution in [3.63, 3.8) is 0 Å². The normalized spacial score (nSPS) is 14.5. The van der Waals surface area contributed by atoms with Crippen molar-refractivity contribution in [2.75, 3.05) is 36.6 Å². The Kier molecular flexibility index (Phi) is 6.97. The highest BCUT2D eigenvalue weighted by Gasteiger charge is 2.27. The lowest BCUT2D eigenvalue weighted by Gasteiger charge is -2.33. The van der Waals surface area contributed by atoms with Crippen LogP contribution in [0.25, 0.3) is 11.5 Å². The van der Waals surface area contributed by atoms with Gasteiger partial charge in [-0.1, -0.05) is 24.3 Å². The number of alkyl halides is 2. The molecule has 1 aromatic heterocycles. The summed E-state index contributed by atoms with van der Waals surface area (Å²) in [5.41, 5.74) is 1.90. The number of benzene rings is 2. The van der Waals surface area contributed by atoms with E-state index in [1.165, 1.54) is 0 Å². The van der Waals surface area contributed by atoms with E-state index in [1.54, 1.807) is 53.3 Å². The molecule has 1 fully saturated rings. The second kappa shape index (κ2) is 10.1. The third-order valence-corrected chi connectivity index (χ3v) is 6.50. The number of para-hydroxylation sites is 2. The van der Waals surface area contributed by atoms with Crippen LogP contribution in [0.4, 0.5) is 19.3 Å². The highest BCUT2D eigenvalue weighted by Crippen LogP contribution is 2.31. The van der Waals surface area contributed by atoms with E-state index < -0.39 is 23.1 Å². The van der Waals surface area contributed by atoms with Crippen molar-refractivity contribution in [1.29, 1.82) is 0 Å². The Morgan fingerprint density at radius 2 is 1.85 bits per heavy atom. The average Bonchev–Trinajstić information content (AvgIpc) is 3.34. The molecule has 0 unspecified atom stereocenters. The predicted molar refractivity (Wildman–Crippen MR) is 119 cm³/mol. The first-order valence-corrected chi connectivity index (χ1v) is 11.7. The fourth-order valence-electron chi connectivity index (χ4n) is 3.48. The van der Waals surface area contributed by atoms with Gasteiger partial charge in [-0.2, -0.15) is 8.78 Å². The van der Waals surface area contributed by atoms with Gasteiger partial charge >= 0.3 is 12.5 Å². The number of hydrogen-bond acceptors (Lipinski definition) is 6. The molecular weight excluding hydrogens is 454 g/mol. The Morgan fingerprint density at radius 1 is 1.15 bits per heavy atom. The molecule has 4 rings (SSSR count). The van der Waals surface area contributed by atoms with Crippen LogP contribution in [-0.2, 0) is 17.3 Å². The Hall–Kier alpha value is -3.34. The van der Waals surface area contributed by atoms with E-state index in [-0.39, 0.29) is 18.5 Å². The number of aromatic nitrogens is 2. The molecule has 2 amide bonds. The Labute approximate surface area is 191 Å². The zero-order chi connectivity index (χ0) is 23.4. The zero-order valence-corrected chi connectivity index (χ0v) is 18.6. The summed E-state index contributed by atoms with van der Waals surface area (Å²) >= 11 is 0. The molecule has 174 valence electrons. The first kappa shape index (κ1) is 22.8. The second-order valence-electron chi connectivity index (χ2n) is 7.32. The molecule has 0 N–H and O–H groups in total. The van der Waals surface area contributed by atoms with E-state index >= 15 is 0 Å². The van der Waals surface area contributed by atoms with Crippen molar-refractivity contribution in [2.45, 2.75) is 13.0 Å². The topological polar surface area (TPSA) is 88.8 Å². The quantitative estimate of drug-likeness (QED) is 0.537. The lowest BCUT2D eigenvalue weighted by Crippen LogP contribution is -2.48. The summed E-state index contributed by atoms with van der Waals surface area (Å²) < 4.78 is 47.6. The SMILES string of the molecule is COc1ccccc1N(Cc1ccc(-c2nnc(C(F)F)o2)cc1)C(=O)N1CCS(=O)CC1. The van der Waals surface area contributed by atoms with Gasteiger partial charge in [-0.3, -0.25) is 9.11 Å². The number of methoxy groups -OCH3 is 1. The van der Waals surface area contributed by atoms with Crippen LogP contribution in [0.2, 0.25) is 0 Å². The van der Waals surface area contributed by atoms with Crippen molar-refractivity contribution >= 4 is 22.5 Å². The van der Waals surface area contributed by atoms with Crippen LogP contribution in [0.5, 0.6) is 5.75 Å². The first-order chi connectivity index (χ1) is 16.0. The second-order valence-corrected chi connectivity index (χ2v) is 9.01. The van der Waals surface area contributed by atoms with Crippen molar-refractivity contribution in [1.82, 2.24) is 15.1 Å². The van der Waals surface area contributed by atoms with Crippen molar-refractivity contribution in [3.8, 4) is 17.2 Å². The summed E-state index contributed by atoms with van der Waals surface area (Å²) in [5, 5.41) is 7.00. The van der Waals surface area contributed by atoms with Gasteiger partial charge < -0.3 is 14.1 Å². The summed E-state index contributed by atoms with van der Waals surface area (Å²) in [6.45, 7) is 1.07. The fraction of sp³-hybridized carbons (Fsp3) is 0.318. The lowest BCUT2D eigenvalue weighted by atomic mass is 10.1. The molecule has 0 saturated carbocycles. The summed E-state index contributed by atoms with van der Waals surface area (Å²) in [6.07, 6.45) is -2.84. The van der Waals surface area contributed by atoms with Crippen LogP contribution in [0.15, 0.2) is 52.9 Å². The standard InChI is InChI=1S/C22H22F2N4O4S/c1-31-18-5-3-2-4-17(18)28(22(29)27-10-12-33(30)13-11-27)14-15-6-8-16(9-7-15)20-25-26-21(32-20)19(23)24/h2-9,19H,10-14H2,1H3. The minimum absolute atomic E-state index is 0.00386. The third kappa shape index (κ3) is 5.19. The van der Waals surface area contributed by atoms with Gasteiger partial charge in [0.25, 0.3) is 5.89 Å². The van der Waals surface area contributed by atoms with Crippen LogP contribution in [-0.4, -0.2) is 57.0 Å². The Morgan fingerprint density at radius 3 is 2.48 bits per heavy atom. The van der Waals surface area contributed by atoms with Crippen LogP contribution in [0.1, 0.15) is 17.9 Å². The third-order valence-electron chi connectivity index (χ3n) is 5.22. The van der Waals surface area contributed by atoms with Crippen LogP contribution in [0.3, 0.4) is 0 Å². The number of ether oxygens (including phenoxy) is 1. The Balaban J connectivity index is 1.59. The summed E-state index contributed by atoms with van der Waals surface area (Å²) in [4.78, 5) is 16.7. The van der Waals surface area contributed by atoms with E-state index in [4.69, 9.17) is 9.15 Å². The van der Waals surface area contributed by atoms with Gasteiger partial charge in [-0.05, 0) is 29.8 Å². The molecule has 0 radical (unpaired) electrons. The van der Waals surface area contributed by atoms with E-state index in [0.29, 0.717) is 41.6 Å². The number of rotatable bonds is 6. The number of nitrogens with zero attached hydrogens (tertiary/aromatic N) is 4. The number of hydrogen-bond donors (Lipinski definition) is 0. The molecule has 1 saturated heterocycles. The molecule has 8 nitrogen and oxygen atoms in total. The Bertz CT molecular complexity index is 1130.